The van der Waals surface area contributed by atoms with E-state index in [9.17, 15) is 4.79 Å². The van der Waals surface area contributed by atoms with E-state index < -0.39 is 0 Å². The van der Waals surface area contributed by atoms with E-state index in [4.69, 9.17) is 10.7 Å². The maximum absolute atomic E-state index is 12.2. The topological polar surface area (TPSA) is 58.7 Å². The lowest BCUT2D eigenvalue weighted by Gasteiger charge is -2.21. The smallest absolute Gasteiger partial charge is 0.184 e. The van der Waals surface area contributed by atoms with E-state index >= 15 is 0 Å². The predicted molar refractivity (Wildman–Crippen MR) is 100 cm³/mol. The molecule has 4 heteroatoms. The van der Waals surface area contributed by atoms with Crippen molar-refractivity contribution >= 4 is 22.9 Å². The van der Waals surface area contributed by atoms with Crippen molar-refractivity contribution in [2.75, 3.05) is 18.0 Å². The zero-order chi connectivity index (χ0) is 17.3. The van der Waals surface area contributed by atoms with Gasteiger partial charge in [-0.2, -0.15) is 0 Å². The van der Waals surface area contributed by atoms with E-state index in [2.05, 4.69) is 17.0 Å². The Kier molecular flexibility index (Phi) is 4.67. The summed E-state index contributed by atoms with van der Waals surface area (Å²) in [5.74, 6) is 0.0608. The monoisotopic (exact) mass is 323 g/mol. The number of Topliss-reactive ketones (excluding diaryl/α,β-unsaturated/α-hetero) is 1. The molecule has 1 atom stereocenters. The van der Waals surface area contributed by atoms with Crippen LogP contribution in [-0.2, 0) is 4.79 Å². The highest BCUT2D eigenvalue weighted by Gasteiger charge is 2.24. The minimum atomic E-state index is -0.221. The molecule has 1 saturated heterocycles. The van der Waals surface area contributed by atoms with Crippen LogP contribution in [0.15, 0.2) is 52.1 Å². The van der Waals surface area contributed by atoms with Gasteiger partial charge in [0, 0.05) is 36.0 Å². The number of hydrogen-bond donors (Lipinski definition) is 1. The Hall–Kier alpha value is -2.20. The van der Waals surface area contributed by atoms with Gasteiger partial charge in [0.1, 0.15) is 0 Å². The molecule has 1 aliphatic heterocycles. The molecule has 0 amide bonds. The third-order valence-electron chi connectivity index (χ3n) is 4.76. The SMILES string of the molecule is CC1=CC(=Nc2ccc(N3CCCC3)cc2)C([C@H](C)N)=C(C)C1=O. The van der Waals surface area contributed by atoms with Crippen LogP contribution in [0.4, 0.5) is 11.4 Å². The first kappa shape index (κ1) is 16.7. The number of carbonyl (C=O) groups is 1. The summed E-state index contributed by atoms with van der Waals surface area (Å²) in [5.41, 5.74) is 11.3. The Bertz CT molecular complexity index is 733. The number of nitrogens with two attached hydrogens (primary N) is 1. The molecule has 1 aromatic rings. The van der Waals surface area contributed by atoms with Gasteiger partial charge in [-0.1, -0.05) is 0 Å². The summed E-state index contributed by atoms with van der Waals surface area (Å²) in [5, 5.41) is 0. The number of ketones is 1. The first-order chi connectivity index (χ1) is 11.5. The van der Waals surface area contributed by atoms with E-state index in [1.165, 1.54) is 18.5 Å². The van der Waals surface area contributed by atoms with Crippen LogP contribution < -0.4 is 10.6 Å². The maximum Gasteiger partial charge on any atom is 0.184 e. The highest BCUT2D eigenvalue weighted by atomic mass is 16.1. The van der Waals surface area contributed by atoms with E-state index in [-0.39, 0.29) is 11.8 Å². The molecule has 0 spiro atoms. The fraction of sp³-hybridized carbons (Fsp3) is 0.400. The Balaban J connectivity index is 1.92. The first-order valence-corrected chi connectivity index (χ1v) is 8.61. The van der Waals surface area contributed by atoms with Crippen LogP contribution in [0.1, 0.15) is 33.6 Å². The largest absolute Gasteiger partial charge is 0.372 e. The number of anilines is 1. The van der Waals surface area contributed by atoms with Crippen molar-refractivity contribution in [3.8, 4) is 0 Å². The van der Waals surface area contributed by atoms with Gasteiger partial charge < -0.3 is 10.6 Å². The molecule has 0 unspecified atom stereocenters. The molecule has 0 aromatic heterocycles. The van der Waals surface area contributed by atoms with Crippen molar-refractivity contribution < 1.29 is 4.79 Å². The highest BCUT2D eigenvalue weighted by Crippen LogP contribution is 2.27. The number of aliphatic imine (C=N–C) groups is 1. The minimum Gasteiger partial charge on any atom is -0.372 e. The van der Waals surface area contributed by atoms with E-state index in [1.807, 2.05) is 39.0 Å². The summed E-state index contributed by atoms with van der Waals surface area (Å²) >= 11 is 0. The van der Waals surface area contributed by atoms with Gasteiger partial charge in [0.05, 0.1) is 11.4 Å². The van der Waals surface area contributed by atoms with E-state index in [0.29, 0.717) is 11.1 Å². The summed E-state index contributed by atoms with van der Waals surface area (Å²) in [7, 11) is 0. The van der Waals surface area contributed by atoms with Crippen molar-refractivity contribution in [3.05, 3.63) is 47.1 Å². The second-order valence-electron chi connectivity index (χ2n) is 6.69. The summed E-state index contributed by atoms with van der Waals surface area (Å²) in [4.78, 5) is 19.3. The lowest BCUT2D eigenvalue weighted by atomic mass is 9.87. The zero-order valence-corrected chi connectivity index (χ0v) is 14.7. The predicted octanol–water partition coefficient (Wildman–Crippen LogP) is 3.55. The number of carbonyl (C=O) groups excluding carboxylic acids is 1. The zero-order valence-electron chi connectivity index (χ0n) is 14.7. The summed E-state index contributed by atoms with van der Waals surface area (Å²) in [6, 6.07) is 8.10. The van der Waals surface area contributed by atoms with Gasteiger partial charge in [0.15, 0.2) is 5.78 Å². The lowest BCUT2D eigenvalue weighted by molar-refractivity contribution is -0.112. The Morgan fingerprint density at radius 3 is 2.33 bits per heavy atom. The van der Waals surface area contributed by atoms with Crippen molar-refractivity contribution in [3.63, 3.8) is 0 Å². The molecular formula is C20H25N3O. The van der Waals surface area contributed by atoms with Gasteiger partial charge in [-0.25, -0.2) is 4.99 Å². The molecule has 2 aliphatic rings. The molecule has 1 aliphatic carbocycles. The van der Waals surface area contributed by atoms with Crippen LogP contribution in [0, 0.1) is 0 Å². The summed E-state index contributed by atoms with van der Waals surface area (Å²) < 4.78 is 0. The van der Waals surface area contributed by atoms with Crippen LogP contribution in [-0.4, -0.2) is 30.6 Å². The van der Waals surface area contributed by atoms with Crippen LogP contribution >= 0.6 is 0 Å². The molecule has 4 nitrogen and oxygen atoms in total. The second kappa shape index (κ2) is 6.73. The molecular weight excluding hydrogens is 298 g/mol. The number of benzene rings is 1. The van der Waals surface area contributed by atoms with Crippen LogP contribution in [0.2, 0.25) is 0 Å². The fourth-order valence-electron chi connectivity index (χ4n) is 3.48. The van der Waals surface area contributed by atoms with E-state index in [1.54, 1.807) is 0 Å². The molecule has 1 fully saturated rings. The summed E-state index contributed by atoms with van der Waals surface area (Å²) in [6.45, 7) is 7.83. The average molecular weight is 323 g/mol. The van der Waals surface area contributed by atoms with Crippen molar-refractivity contribution in [2.45, 2.75) is 39.7 Å². The van der Waals surface area contributed by atoms with Crippen LogP contribution in [0.3, 0.4) is 0 Å². The molecule has 0 saturated carbocycles. The molecule has 1 aromatic carbocycles. The quantitative estimate of drug-likeness (QED) is 0.865. The highest BCUT2D eigenvalue weighted by molar-refractivity contribution is 6.25. The lowest BCUT2D eigenvalue weighted by Crippen LogP contribution is -2.29. The maximum atomic E-state index is 12.2. The van der Waals surface area contributed by atoms with Crippen LogP contribution in [0.5, 0.6) is 0 Å². The molecule has 24 heavy (non-hydrogen) atoms. The Morgan fingerprint density at radius 2 is 1.75 bits per heavy atom. The Morgan fingerprint density at radius 1 is 1.12 bits per heavy atom. The molecule has 0 bridgehead atoms. The number of rotatable bonds is 3. The van der Waals surface area contributed by atoms with Gasteiger partial charge in [0.2, 0.25) is 0 Å². The van der Waals surface area contributed by atoms with Crippen molar-refractivity contribution in [1.82, 2.24) is 0 Å². The number of allylic oxidation sites excluding steroid dienone is 3. The van der Waals surface area contributed by atoms with Crippen molar-refractivity contribution in [1.29, 1.82) is 0 Å². The number of nitrogens with zero attached hydrogens (tertiary/aromatic N) is 2. The average Bonchev–Trinajstić information content (AvgIpc) is 3.07. The third-order valence-corrected chi connectivity index (χ3v) is 4.76. The molecule has 1 heterocycles. The third kappa shape index (κ3) is 3.20. The minimum absolute atomic E-state index is 0.0608. The van der Waals surface area contributed by atoms with Gasteiger partial charge in [0.25, 0.3) is 0 Å². The van der Waals surface area contributed by atoms with Gasteiger partial charge in [-0.3, -0.25) is 4.79 Å². The van der Waals surface area contributed by atoms with Gasteiger partial charge >= 0.3 is 0 Å². The normalized spacial score (nSPS) is 21.5. The molecule has 126 valence electrons. The summed E-state index contributed by atoms with van der Waals surface area (Å²) in [6.07, 6.45) is 4.39. The molecule has 2 N–H and O–H groups in total. The van der Waals surface area contributed by atoms with Crippen LogP contribution in [0.25, 0.3) is 0 Å². The van der Waals surface area contributed by atoms with Crippen molar-refractivity contribution in [2.24, 2.45) is 10.7 Å². The van der Waals surface area contributed by atoms with Gasteiger partial charge in [-0.05, 0) is 69.5 Å². The molecule has 3 rings (SSSR count). The second-order valence-corrected chi connectivity index (χ2v) is 6.69. The Labute approximate surface area is 143 Å². The van der Waals surface area contributed by atoms with E-state index in [0.717, 1.165) is 30.1 Å². The van der Waals surface area contributed by atoms with Gasteiger partial charge in [-0.15, -0.1) is 0 Å². The number of hydrogen-bond acceptors (Lipinski definition) is 4. The first-order valence-electron chi connectivity index (χ1n) is 8.61. The standard InChI is InChI=1S/C20H25N3O/c1-13-12-18(19(15(3)21)14(2)20(13)24)22-16-6-8-17(9-7-16)23-10-4-5-11-23/h6-9,12,15H,4-5,10-11,21H2,1-3H3/t15-/m0/s1. The molecule has 0 radical (unpaired) electrons. The fourth-order valence-corrected chi connectivity index (χ4v) is 3.48.